The van der Waals surface area contributed by atoms with Crippen LogP contribution in [0.4, 0.5) is 4.39 Å². The van der Waals surface area contributed by atoms with Gasteiger partial charge in [-0.3, -0.25) is 0 Å². The summed E-state index contributed by atoms with van der Waals surface area (Å²) in [6, 6.07) is 8.77. The highest BCUT2D eigenvalue weighted by Gasteiger charge is 2.27. The van der Waals surface area contributed by atoms with Crippen molar-refractivity contribution in [2.24, 2.45) is 5.73 Å². The Kier molecular flexibility index (Phi) is 3.18. The van der Waals surface area contributed by atoms with Crippen LogP contribution in [0.3, 0.4) is 0 Å². The molecule has 1 heterocycles. The maximum Gasteiger partial charge on any atom is 0.123 e. The summed E-state index contributed by atoms with van der Waals surface area (Å²) in [4.78, 5) is 1.46. The normalized spacial score (nSPS) is 20.4. The molecule has 1 aliphatic carbocycles. The van der Waals surface area contributed by atoms with Gasteiger partial charge in [-0.05, 0) is 54.0 Å². The number of nitrogens with two attached hydrogens (primary N) is 1. The maximum absolute atomic E-state index is 13.3. The SMILES string of the molecule is NC(c1cccc(F)c1)C1CCCc2sccc21. The third-order valence-electron chi connectivity index (χ3n) is 3.77. The lowest BCUT2D eigenvalue weighted by atomic mass is 9.80. The summed E-state index contributed by atoms with van der Waals surface area (Å²) >= 11 is 1.82. The van der Waals surface area contributed by atoms with Gasteiger partial charge in [-0.25, -0.2) is 4.39 Å². The predicted molar refractivity (Wildman–Crippen MR) is 73.3 cm³/mol. The third kappa shape index (κ3) is 2.08. The van der Waals surface area contributed by atoms with Crippen molar-refractivity contribution in [1.82, 2.24) is 0 Å². The summed E-state index contributed by atoms with van der Waals surface area (Å²) in [6.45, 7) is 0. The summed E-state index contributed by atoms with van der Waals surface area (Å²) in [5.41, 5.74) is 8.63. The van der Waals surface area contributed by atoms with Crippen molar-refractivity contribution >= 4 is 11.3 Å². The highest BCUT2D eigenvalue weighted by Crippen LogP contribution is 2.41. The van der Waals surface area contributed by atoms with Crippen molar-refractivity contribution in [3.05, 3.63) is 57.5 Å². The van der Waals surface area contributed by atoms with Gasteiger partial charge in [-0.15, -0.1) is 11.3 Å². The molecule has 0 fully saturated rings. The van der Waals surface area contributed by atoms with Gasteiger partial charge in [0, 0.05) is 16.8 Å². The molecule has 0 aliphatic heterocycles. The van der Waals surface area contributed by atoms with Gasteiger partial charge in [0.15, 0.2) is 0 Å². The molecule has 0 radical (unpaired) electrons. The molecule has 1 aromatic carbocycles. The number of aryl methyl sites for hydroxylation is 1. The molecule has 1 nitrogen and oxygen atoms in total. The van der Waals surface area contributed by atoms with Gasteiger partial charge in [0.2, 0.25) is 0 Å². The lowest BCUT2D eigenvalue weighted by molar-refractivity contribution is 0.477. The average molecular weight is 261 g/mol. The second-order valence-corrected chi connectivity index (χ2v) is 5.88. The van der Waals surface area contributed by atoms with E-state index in [9.17, 15) is 4.39 Å². The van der Waals surface area contributed by atoms with Crippen LogP contribution in [0.2, 0.25) is 0 Å². The minimum atomic E-state index is -0.204. The predicted octanol–water partition coefficient (Wildman–Crippen LogP) is 4.01. The molecular weight excluding hydrogens is 245 g/mol. The lowest BCUT2D eigenvalue weighted by Crippen LogP contribution is -2.22. The third-order valence-corrected chi connectivity index (χ3v) is 4.76. The van der Waals surface area contributed by atoms with Gasteiger partial charge in [0.25, 0.3) is 0 Å². The Hall–Kier alpha value is -1.19. The van der Waals surface area contributed by atoms with Crippen molar-refractivity contribution in [2.45, 2.75) is 31.2 Å². The van der Waals surface area contributed by atoms with Gasteiger partial charge in [0.05, 0.1) is 0 Å². The molecule has 1 aliphatic rings. The lowest BCUT2D eigenvalue weighted by Gasteiger charge is -2.28. The van der Waals surface area contributed by atoms with E-state index in [1.54, 1.807) is 12.1 Å². The topological polar surface area (TPSA) is 26.0 Å². The zero-order chi connectivity index (χ0) is 12.5. The van der Waals surface area contributed by atoms with Crippen LogP contribution in [0, 0.1) is 5.82 Å². The van der Waals surface area contributed by atoms with Gasteiger partial charge in [0.1, 0.15) is 5.82 Å². The number of hydrogen-bond donors (Lipinski definition) is 1. The molecule has 3 heteroatoms. The molecule has 18 heavy (non-hydrogen) atoms. The van der Waals surface area contributed by atoms with E-state index >= 15 is 0 Å². The Morgan fingerprint density at radius 2 is 2.22 bits per heavy atom. The summed E-state index contributed by atoms with van der Waals surface area (Å²) in [7, 11) is 0. The molecule has 3 rings (SSSR count). The van der Waals surface area contributed by atoms with E-state index in [4.69, 9.17) is 5.73 Å². The molecule has 94 valence electrons. The van der Waals surface area contributed by atoms with Crippen LogP contribution in [0.25, 0.3) is 0 Å². The van der Waals surface area contributed by atoms with E-state index in [-0.39, 0.29) is 11.9 Å². The molecule has 0 saturated heterocycles. The first-order chi connectivity index (χ1) is 8.75. The van der Waals surface area contributed by atoms with Crippen LogP contribution < -0.4 is 5.73 Å². The number of hydrogen-bond acceptors (Lipinski definition) is 2. The largest absolute Gasteiger partial charge is 0.323 e. The van der Waals surface area contributed by atoms with Crippen LogP contribution in [0.5, 0.6) is 0 Å². The maximum atomic E-state index is 13.3. The van der Waals surface area contributed by atoms with E-state index in [0.29, 0.717) is 5.92 Å². The number of rotatable bonds is 2. The van der Waals surface area contributed by atoms with Crippen LogP contribution in [-0.4, -0.2) is 0 Å². The zero-order valence-corrected chi connectivity index (χ0v) is 10.9. The molecule has 0 spiro atoms. The number of benzene rings is 1. The fourth-order valence-corrected chi connectivity index (χ4v) is 3.84. The Morgan fingerprint density at radius 3 is 3.06 bits per heavy atom. The molecule has 1 aromatic heterocycles. The first-order valence-corrected chi connectivity index (χ1v) is 7.21. The minimum Gasteiger partial charge on any atom is -0.323 e. The first kappa shape index (κ1) is 11.9. The molecule has 2 N–H and O–H groups in total. The van der Waals surface area contributed by atoms with Gasteiger partial charge >= 0.3 is 0 Å². The average Bonchev–Trinajstić information content (AvgIpc) is 2.86. The molecule has 2 atom stereocenters. The van der Waals surface area contributed by atoms with Gasteiger partial charge < -0.3 is 5.73 Å². The van der Waals surface area contributed by atoms with E-state index < -0.39 is 0 Å². The molecular formula is C15H16FNS. The molecule has 0 amide bonds. The smallest absolute Gasteiger partial charge is 0.123 e. The van der Waals surface area contributed by atoms with E-state index in [1.165, 1.54) is 29.3 Å². The summed E-state index contributed by atoms with van der Waals surface area (Å²) in [5, 5.41) is 2.14. The van der Waals surface area contributed by atoms with Crippen molar-refractivity contribution in [3.63, 3.8) is 0 Å². The molecule has 0 saturated carbocycles. The van der Waals surface area contributed by atoms with Crippen molar-refractivity contribution < 1.29 is 4.39 Å². The highest BCUT2D eigenvalue weighted by molar-refractivity contribution is 7.10. The first-order valence-electron chi connectivity index (χ1n) is 6.33. The fraction of sp³-hybridized carbons (Fsp3) is 0.333. The zero-order valence-electron chi connectivity index (χ0n) is 10.1. The second kappa shape index (κ2) is 4.82. The van der Waals surface area contributed by atoms with E-state index in [0.717, 1.165) is 12.0 Å². The number of fused-ring (bicyclic) bond motifs is 1. The fourth-order valence-electron chi connectivity index (χ4n) is 2.84. The molecule has 2 unspecified atom stereocenters. The Bertz CT molecular complexity index is 549. The molecule has 2 aromatic rings. The Labute approximate surface area is 110 Å². The van der Waals surface area contributed by atoms with Crippen LogP contribution >= 0.6 is 11.3 Å². The van der Waals surface area contributed by atoms with Crippen LogP contribution in [0.15, 0.2) is 35.7 Å². The van der Waals surface area contributed by atoms with Crippen molar-refractivity contribution in [3.8, 4) is 0 Å². The summed E-state index contributed by atoms with van der Waals surface area (Å²) in [6.07, 6.45) is 3.45. The molecule has 0 bridgehead atoms. The van der Waals surface area contributed by atoms with Gasteiger partial charge in [-0.1, -0.05) is 12.1 Å². The Balaban J connectivity index is 1.93. The second-order valence-electron chi connectivity index (χ2n) is 4.88. The van der Waals surface area contributed by atoms with E-state index in [1.807, 2.05) is 17.4 Å². The van der Waals surface area contributed by atoms with Crippen LogP contribution in [0.1, 0.15) is 40.8 Å². The van der Waals surface area contributed by atoms with Crippen molar-refractivity contribution in [2.75, 3.05) is 0 Å². The highest BCUT2D eigenvalue weighted by atomic mass is 32.1. The summed E-state index contributed by atoms with van der Waals surface area (Å²) in [5.74, 6) is 0.131. The van der Waals surface area contributed by atoms with Crippen LogP contribution in [-0.2, 0) is 6.42 Å². The standard InChI is InChI=1S/C15H16FNS/c16-11-4-1-3-10(9-11)15(17)13-5-2-6-14-12(13)7-8-18-14/h1,3-4,7-9,13,15H,2,5-6,17H2. The van der Waals surface area contributed by atoms with Gasteiger partial charge in [-0.2, -0.15) is 0 Å². The minimum absolute atomic E-state index is 0.102. The van der Waals surface area contributed by atoms with Crippen molar-refractivity contribution in [1.29, 1.82) is 0 Å². The Morgan fingerprint density at radius 1 is 1.33 bits per heavy atom. The number of thiophene rings is 1. The summed E-state index contributed by atoms with van der Waals surface area (Å²) < 4.78 is 13.3. The number of halogens is 1. The monoisotopic (exact) mass is 261 g/mol. The quantitative estimate of drug-likeness (QED) is 0.868. The van der Waals surface area contributed by atoms with E-state index in [2.05, 4.69) is 11.4 Å².